The number of hydrogen-bond acceptors (Lipinski definition) is 7. The van der Waals surface area contributed by atoms with E-state index in [4.69, 9.17) is 23.7 Å². The van der Waals surface area contributed by atoms with Crippen molar-refractivity contribution in [1.29, 1.82) is 0 Å². The second-order valence-corrected chi connectivity index (χ2v) is 5.52. The summed E-state index contributed by atoms with van der Waals surface area (Å²) in [5, 5.41) is 10.3. The number of carbonyl (C=O) groups is 1. The molecular weight excluding hydrogens is 304 g/mol. The Morgan fingerprint density at radius 1 is 1.26 bits per heavy atom. The van der Waals surface area contributed by atoms with Crippen LogP contribution in [0.4, 0.5) is 0 Å². The number of fused-ring (bicyclic) bond motifs is 1. The maximum absolute atomic E-state index is 11.4. The van der Waals surface area contributed by atoms with Gasteiger partial charge in [0.25, 0.3) is 0 Å². The summed E-state index contributed by atoms with van der Waals surface area (Å²) in [6.45, 7) is 1.53. The van der Waals surface area contributed by atoms with Crippen LogP contribution in [0.5, 0.6) is 0 Å². The topological polar surface area (TPSA) is 83.5 Å². The molecule has 2 heterocycles. The average molecular weight is 324 g/mol. The minimum atomic E-state index is -1.14. The number of carbonyl (C=O) groups excluding carboxylic acids is 1. The van der Waals surface area contributed by atoms with E-state index in [0.29, 0.717) is 0 Å². The largest absolute Gasteiger partial charge is 0.457 e. The second kappa shape index (κ2) is 6.94. The highest BCUT2D eigenvalue weighted by Crippen LogP contribution is 2.35. The van der Waals surface area contributed by atoms with Crippen LogP contribution >= 0.6 is 0 Å². The Balaban J connectivity index is 1.80. The fourth-order valence-corrected chi connectivity index (χ4v) is 2.86. The Bertz CT molecular complexity index is 534. The van der Waals surface area contributed by atoms with Crippen LogP contribution in [0.25, 0.3) is 0 Å². The SMILES string of the molecule is CO[C@H]1O[C@@H]2COC(c3ccccc3)O[C@H]2[C@H](OC(C)=O)[C@H]1O. The van der Waals surface area contributed by atoms with Crippen LogP contribution in [0, 0.1) is 0 Å². The first-order chi connectivity index (χ1) is 11.1. The molecule has 7 heteroatoms. The maximum Gasteiger partial charge on any atom is 0.303 e. The third-order valence-corrected chi connectivity index (χ3v) is 3.91. The molecule has 2 aliphatic heterocycles. The van der Waals surface area contributed by atoms with Gasteiger partial charge < -0.3 is 28.8 Å². The predicted octanol–water partition coefficient (Wildman–Crippen LogP) is 0.764. The summed E-state index contributed by atoms with van der Waals surface area (Å²) in [5.74, 6) is -0.504. The van der Waals surface area contributed by atoms with Gasteiger partial charge in [0, 0.05) is 19.6 Å². The molecule has 3 rings (SSSR count). The van der Waals surface area contributed by atoms with Crippen molar-refractivity contribution in [2.45, 2.75) is 43.9 Å². The minimum absolute atomic E-state index is 0.245. The van der Waals surface area contributed by atoms with E-state index in [1.54, 1.807) is 0 Å². The van der Waals surface area contributed by atoms with Crippen LogP contribution in [0.15, 0.2) is 30.3 Å². The van der Waals surface area contributed by atoms with Crippen LogP contribution in [0.3, 0.4) is 0 Å². The van der Waals surface area contributed by atoms with E-state index in [-0.39, 0.29) is 6.61 Å². The van der Waals surface area contributed by atoms with E-state index in [0.717, 1.165) is 5.56 Å². The summed E-state index contributed by atoms with van der Waals surface area (Å²) in [7, 11) is 1.41. The Morgan fingerprint density at radius 2 is 2.00 bits per heavy atom. The van der Waals surface area contributed by atoms with Crippen molar-refractivity contribution in [3.05, 3.63) is 35.9 Å². The molecule has 0 aliphatic carbocycles. The summed E-state index contributed by atoms with van der Waals surface area (Å²) >= 11 is 0. The summed E-state index contributed by atoms with van der Waals surface area (Å²) in [4.78, 5) is 11.4. The fraction of sp³-hybridized carbons (Fsp3) is 0.562. The molecule has 7 nitrogen and oxygen atoms in total. The number of esters is 1. The Hall–Kier alpha value is -1.51. The van der Waals surface area contributed by atoms with E-state index in [1.165, 1.54) is 14.0 Å². The monoisotopic (exact) mass is 324 g/mol. The lowest BCUT2D eigenvalue weighted by Crippen LogP contribution is -2.63. The molecule has 1 N–H and O–H groups in total. The molecule has 0 spiro atoms. The number of aliphatic hydroxyl groups excluding tert-OH is 1. The van der Waals surface area contributed by atoms with Crippen LogP contribution in [-0.4, -0.2) is 55.5 Å². The first kappa shape index (κ1) is 16.4. The molecule has 1 aromatic carbocycles. The van der Waals surface area contributed by atoms with Gasteiger partial charge in [-0.1, -0.05) is 30.3 Å². The van der Waals surface area contributed by atoms with Crippen molar-refractivity contribution in [3.8, 4) is 0 Å². The minimum Gasteiger partial charge on any atom is -0.457 e. The first-order valence-electron chi connectivity index (χ1n) is 7.45. The summed E-state index contributed by atoms with van der Waals surface area (Å²) in [5.41, 5.74) is 0.843. The van der Waals surface area contributed by atoms with Crippen LogP contribution in [-0.2, 0) is 28.5 Å². The molecule has 0 radical (unpaired) electrons. The number of hydrogen-bond donors (Lipinski definition) is 1. The van der Waals surface area contributed by atoms with Crippen molar-refractivity contribution in [2.24, 2.45) is 0 Å². The van der Waals surface area contributed by atoms with E-state index >= 15 is 0 Å². The van der Waals surface area contributed by atoms with E-state index in [1.807, 2.05) is 30.3 Å². The highest BCUT2D eigenvalue weighted by Gasteiger charge is 2.51. The van der Waals surface area contributed by atoms with Crippen LogP contribution in [0.2, 0.25) is 0 Å². The van der Waals surface area contributed by atoms with Gasteiger partial charge in [-0.2, -0.15) is 0 Å². The summed E-state index contributed by atoms with van der Waals surface area (Å²) < 4.78 is 27.6. The number of aliphatic hydroxyl groups is 1. The predicted molar refractivity (Wildman–Crippen MR) is 77.2 cm³/mol. The van der Waals surface area contributed by atoms with Crippen molar-refractivity contribution in [1.82, 2.24) is 0 Å². The lowest BCUT2D eigenvalue weighted by atomic mass is 9.97. The average Bonchev–Trinajstić information content (AvgIpc) is 2.57. The maximum atomic E-state index is 11.4. The Kier molecular flexibility index (Phi) is 4.93. The molecule has 2 fully saturated rings. The molecule has 6 atom stereocenters. The van der Waals surface area contributed by atoms with Crippen molar-refractivity contribution in [2.75, 3.05) is 13.7 Å². The second-order valence-electron chi connectivity index (χ2n) is 5.52. The molecule has 126 valence electrons. The zero-order chi connectivity index (χ0) is 16.4. The molecular formula is C16H20O7. The van der Waals surface area contributed by atoms with Gasteiger partial charge in [-0.3, -0.25) is 4.79 Å². The molecule has 2 saturated heterocycles. The Labute approximate surface area is 134 Å². The van der Waals surface area contributed by atoms with Crippen LogP contribution < -0.4 is 0 Å². The molecule has 2 aliphatic rings. The quantitative estimate of drug-likeness (QED) is 0.822. The molecule has 1 unspecified atom stereocenters. The van der Waals surface area contributed by atoms with Gasteiger partial charge >= 0.3 is 5.97 Å². The molecule has 0 aromatic heterocycles. The van der Waals surface area contributed by atoms with Crippen molar-refractivity contribution >= 4 is 5.97 Å². The zero-order valence-corrected chi connectivity index (χ0v) is 13.0. The van der Waals surface area contributed by atoms with Gasteiger partial charge in [-0.15, -0.1) is 0 Å². The first-order valence-corrected chi connectivity index (χ1v) is 7.45. The molecule has 23 heavy (non-hydrogen) atoms. The molecule has 1 aromatic rings. The number of benzene rings is 1. The Morgan fingerprint density at radius 3 is 2.65 bits per heavy atom. The summed E-state index contributed by atoms with van der Waals surface area (Å²) in [6.07, 6.45) is -4.66. The fourth-order valence-electron chi connectivity index (χ4n) is 2.86. The zero-order valence-electron chi connectivity index (χ0n) is 13.0. The van der Waals surface area contributed by atoms with Gasteiger partial charge in [0.05, 0.1) is 6.61 Å². The van der Waals surface area contributed by atoms with Gasteiger partial charge in [0.15, 0.2) is 18.7 Å². The van der Waals surface area contributed by atoms with Gasteiger partial charge in [-0.05, 0) is 0 Å². The highest BCUT2D eigenvalue weighted by atomic mass is 16.8. The van der Waals surface area contributed by atoms with Gasteiger partial charge in [0.1, 0.15) is 18.3 Å². The van der Waals surface area contributed by atoms with Gasteiger partial charge in [0.2, 0.25) is 0 Å². The number of ether oxygens (including phenoxy) is 5. The van der Waals surface area contributed by atoms with Crippen LogP contribution in [0.1, 0.15) is 18.8 Å². The molecule has 0 amide bonds. The molecule has 0 bridgehead atoms. The van der Waals surface area contributed by atoms with Crippen molar-refractivity contribution in [3.63, 3.8) is 0 Å². The van der Waals surface area contributed by atoms with Crippen molar-refractivity contribution < 1.29 is 33.6 Å². The third-order valence-electron chi connectivity index (χ3n) is 3.91. The highest BCUT2D eigenvalue weighted by molar-refractivity contribution is 5.66. The number of rotatable bonds is 3. The lowest BCUT2D eigenvalue weighted by Gasteiger charge is -2.46. The van der Waals surface area contributed by atoms with Gasteiger partial charge in [-0.25, -0.2) is 0 Å². The normalized spacial score (nSPS) is 37.0. The molecule has 0 saturated carbocycles. The number of methoxy groups -OCH3 is 1. The lowest BCUT2D eigenvalue weighted by molar-refractivity contribution is -0.358. The third kappa shape index (κ3) is 3.39. The van der Waals surface area contributed by atoms with E-state index in [2.05, 4.69) is 0 Å². The van der Waals surface area contributed by atoms with E-state index < -0.39 is 43.0 Å². The van der Waals surface area contributed by atoms with E-state index in [9.17, 15) is 9.90 Å². The smallest absolute Gasteiger partial charge is 0.303 e. The summed E-state index contributed by atoms with van der Waals surface area (Å²) in [6, 6.07) is 9.41. The standard InChI is InChI=1S/C16H20O7/c1-9(17)21-14-12(18)16(19-2)22-11-8-20-15(23-13(11)14)10-6-4-3-5-7-10/h3-7,11-16,18H,8H2,1-2H3/t11-,12-,13-,14-,15?,16+/m1/s1.